The van der Waals surface area contributed by atoms with Gasteiger partial charge in [0.15, 0.2) is 0 Å². The van der Waals surface area contributed by atoms with Crippen molar-refractivity contribution in [2.75, 3.05) is 0 Å². The van der Waals surface area contributed by atoms with E-state index in [1.165, 1.54) is 50.1 Å². The van der Waals surface area contributed by atoms with Gasteiger partial charge in [-0.3, -0.25) is 0 Å². The van der Waals surface area contributed by atoms with Crippen molar-refractivity contribution in [2.45, 2.75) is 19.3 Å². The number of hydrogen-bond donors (Lipinski definition) is 0. The molecule has 0 amide bonds. The Morgan fingerprint density at radius 3 is 1.07 bits per heavy atom. The second-order valence-corrected chi connectivity index (χ2v) is 15.4. The molecule has 276 valence electrons. The lowest BCUT2D eigenvalue weighted by atomic mass is 9.74. The molecule has 0 N–H and O–H groups in total. The normalized spacial score (nSPS) is 12.6. The Labute approximate surface area is 340 Å². The molecule has 1 aliphatic rings. The van der Waals surface area contributed by atoms with Crippen LogP contribution in [0.1, 0.15) is 25.0 Å². The van der Waals surface area contributed by atoms with E-state index in [9.17, 15) is 0 Å². The zero-order valence-electron chi connectivity index (χ0n) is 32.6. The molecule has 0 radical (unpaired) electrons. The van der Waals surface area contributed by atoms with Crippen LogP contribution in [0.5, 0.6) is 11.6 Å². The van der Waals surface area contributed by atoms with E-state index in [0.29, 0.717) is 5.88 Å². The van der Waals surface area contributed by atoms with Gasteiger partial charge in [-0.2, -0.15) is 0 Å². The average molecular weight is 744 g/mol. The maximum absolute atomic E-state index is 6.64. The number of benzene rings is 8. The summed E-state index contributed by atoms with van der Waals surface area (Å²) in [7, 11) is 0. The smallest absolute Gasteiger partial charge is 0.223 e. The molecule has 1 aromatic heterocycles. The molecule has 2 nitrogen and oxygen atoms in total. The van der Waals surface area contributed by atoms with Gasteiger partial charge in [0.1, 0.15) is 5.75 Å². The van der Waals surface area contributed by atoms with E-state index < -0.39 is 0 Å². The zero-order valence-corrected chi connectivity index (χ0v) is 32.6. The van der Waals surface area contributed by atoms with E-state index in [0.717, 1.165) is 44.7 Å². The molecule has 0 aliphatic carbocycles. The first-order valence-corrected chi connectivity index (χ1v) is 20.0. The number of nitrogens with zero attached hydrogens (tertiary/aromatic N) is 1. The highest BCUT2D eigenvalue weighted by molar-refractivity contribution is 6.15. The van der Waals surface area contributed by atoms with Crippen molar-refractivity contribution in [3.8, 4) is 89.5 Å². The highest BCUT2D eigenvalue weighted by Gasteiger charge is 2.36. The lowest BCUT2D eigenvalue weighted by Crippen LogP contribution is -2.25. The van der Waals surface area contributed by atoms with Gasteiger partial charge in [-0.1, -0.05) is 214 Å². The monoisotopic (exact) mass is 743 g/mol. The van der Waals surface area contributed by atoms with Crippen molar-refractivity contribution in [1.29, 1.82) is 0 Å². The fourth-order valence-electron chi connectivity index (χ4n) is 8.88. The maximum Gasteiger partial charge on any atom is 0.223 e. The number of rotatable bonds is 7. The number of pyridine rings is 1. The Bertz CT molecular complexity index is 2780. The molecule has 0 fully saturated rings. The molecular formula is C56H41NO. The Hall–Kier alpha value is -7.29. The van der Waals surface area contributed by atoms with Crippen LogP contribution in [0.4, 0.5) is 0 Å². The molecule has 0 atom stereocenters. The second kappa shape index (κ2) is 14.7. The van der Waals surface area contributed by atoms with Gasteiger partial charge in [0.25, 0.3) is 0 Å². The summed E-state index contributed by atoms with van der Waals surface area (Å²) in [6.07, 6.45) is 1.81. The van der Waals surface area contributed by atoms with E-state index in [1.807, 2.05) is 12.3 Å². The summed E-state index contributed by atoms with van der Waals surface area (Å²) in [4.78, 5) is 4.65. The molecule has 58 heavy (non-hydrogen) atoms. The number of ether oxygens (including phenoxy) is 1. The third-order valence-electron chi connectivity index (χ3n) is 11.6. The van der Waals surface area contributed by atoms with Gasteiger partial charge in [-0.05, 0) is 78.4 Å². The van der Waals surface area contributed by atoms with Crippen molar-refractivity contribution in [3.05, 3.63) is 224 Å². The van der Waals surface area contributed by atoms with E-state index in [2.05, 4.69) is 219 Å². The van der Waals surface area contributed by atoms with Crippen molar-refractivity contribution in [2.24, 2.45) is 0 Å². The summed E-state index contributed by atoms with van der Waals surface area (Å²) in [6, 6.07) is 74.3. The fourth-order valence-corrected chi connectivity index (χ4v) is 8.88. The lowest BCUT2D eigenvalue weighted by molar-refractivity contribution is 0.403. The summed E-state index contributed by atoms with van der Waals surface area (Å²) in [5.41, 5.74) is 18.3. The van der Waals surface area contributed by atoms with Crippen LogP contribution in [0, 0.1) is 0 Å². The highest BCUT2D eigenvalue weighted by atomic mass is 16.5. The van der Waals surface area contributed by atoms with Crippen LogP contribution in [-0.2, 0) is 5.41 Å². The van der Waals surface area contributed by atoms with Gasteiger partial charge >= 0.3 is 0 Å². The first-order chi connectivity index (χ1) is 28.6. The molecule has 1 aliphatic heterocycles. The number of para-hydroxylation sites is 1. The molecule has 0 saturated heterocycles. The highest BCUT2D eigenvalue weighted by Crippen LogP contribution is 2.56. The average Bonchev–Trinajstić information content (AvgIpc) is 3.29. The molecule has 2 heterocycles. The topological polar surface area (TPSA) is 22.1 Å². The van der Waals surface area contributed by atoms with Gasteiger partial charge in [-0.15, -0.1) is 0 Å². The van der Waals surface area contributed by atoms with E-state index >= 15 is 0 Å². The summed E-state index contributed by atoms with van der Waals surface area (Å²) in [6.45, 7) is 4.51. The van der Waals surface area contributed by atoms with Crippen LogP contribution in [-0.4, -0.2) is 4.98 Å². The van der Waals surface area contributed by atoms with Crippen LogP contribution >= 0.6 is 0 Å². The minimum absolute atomic E-state index is 0.259. The second-order valence-electron chi connectivity index (χ2n) is 15.4. The standard InChI is InChI=1S/C56H41NO/c1-56(2)46-31-18-30-45(54(46)58-55-47(56)32-19-37-57-55)38-33-35-44(36-34-38)53-51(42-26-14-6-15-27-42)49(40-22-10-4-11-23-40)48(39-20-8-3-9-21-39)50(41-24-12-5-13-25-41)52(53)43-28-16-7-17-29-43/h3-37H,1-2H3. The van der Waals surface area contributed by atoms with Gasteiger partial charge in [-0.25, -0.2) is 4.98 Å². The number of aromatic nitrogens is 1. The molecule has 0 saturated carbocycles. The van der Waals surface area contributed by atoms with Crippen molar-refractivity contribution >= 4 is 0 Å². The molecule has 8 aromatic carbocycles. The largest absolute Gasteiger partial charge is 0.438 e. The van der Waals surface area contributed by atoms with Crippen molar-refractivity contribution < 1.29 is 4.74 Å². The van der Waals surface area contributed by atoms with E-state index in [4.69, 9.17) is 4.74 Å². The first kappa shape index (κ1) is 35.1. The van der Waals surface area contributed by atoms with Crippen LogP contribution in [0.2, 0.25) is 0 Å². The van der Waals surface area contributed by atoms with Crippen LogP contribution in [0.15, 0.2) is 212 Å². The Morgan fingerprint density at radius 1 is 0.328 bits per heavy atom. The molecule has 2 heteroatoms. The Kier molecular flexibility index (Phi) is 8.88. The zero-order chi connectivity index (χ0) is 39.1. The molecular weight excluding hydrogens is 703 g/mol. The number of fused-ring (bicyclic) bond motifs is 2. The third-order valence-corrected chi connectivity index (χ3v) is 11.6. The minimum Gasteiger partial charge on any atom is -0.438 e. The summed E-state index contributed by atoms with van der Waals surface area (Å²) < 4.78 is 6.64. The maximum atomic E-state index is 6.64. The van der Waals surface area contributed by atoms with Crippen molar-refractivity contribution in [3.63, 3.8) is 0 Å². The molecule has 9 aromatic rings. The fraction of sp³-hybridized carbons (Fsp3) is 0.0536. The SMILES string of the molecule is CC1(C)c2cccnc2Oc2c(-c3ccc(-c4c(-c5ccccc5)c(-c5ccccc5)c(-c5ccccc5)c(-c5ccccc5)c4-c4ccccc4)cc3)cccc21. The van der Waals surface area contributed by atoms with E-state index in [1.54, 1.807) is 0 Å². The lowest BCUT2D eigenvalue weighted by Gasteiger charge is -2.34. The predicted octanol–water partition coefficient (Wildman–Crippen LogP) is 15.2. The van der Waals surface area contributed by atoms with E-state index in [-0.39, 0.29) is 5.41 Å². The minimum atomic E-state index is -0.259. The van der Waals surface area contributed by atoms with Gasteiger partial charge in [0.05, 0.1) is 0 Å². The summed E-state index contributed by atoms with van der Waals surface area (Å²) in [5, 5.41) is 0. The van der Waals surface area contributed by atoms with Gasteiger partial charge in [0.2, 0.25) is 5.88 Å². The number of hydrogen-bond acceptors (Lipinski definition) is 2. The van der Waals surface area contributed by atoms with Crippen molar-refractivity contribution in [1.82, 2.24) is 4.98 Å². The molecule has 0 unspecified atom stereocenters. The predicted molar refractivity (Wildman–Crippen MR) is 241 cm³/mol. The van der Waals surface area contributed by atoms with Crippen LogP contribution < -0.4 is 4.74 Å². The quantitative estimate of drug-likeness (QED) is 0.162. The Balaban J connectivity index is 1.31. The summed E-state index contributed by atoms with van der Waals surface area (Å²) >= 11 is 0. The Morgan fingerprint density at radius 2 is 0.672 bits per heavy atom. The van der Waals surface area contributed by atoms with Gasteiger partial charge in [0, 0.05) is 28.3 Å². The third kappa shape index (κ3) is 6.02. The van der Waals surface area contributed by atoms with Crippen LogP contribution in [0.3, 0.4) is 0 Å². The summed E-state index contributed by atoms with van der Waals surface area (Å²) in [5.74, 6) is 1.54. The van der Waals surface area contributed by atoms with Crippen LogP contribution in [0.25, 0.3) is 77.9 Å². The molecule has 0 bridgehead atoms. The molecule has 10 rings (SSSR count). The first-order valence-electron chi connectivity index (χ1n) is 20.0. The van der Waals surface area contributed by atoms with Gasteiger partial charge < -0.3 is 4.74 Å². The molecule has 0 spiro atoms.